The van der Waals surface area contributed by atoms with Crippen LogP contribution >= 0.6 is 0 Å². The summed E-state index contributed by atoms with van der Waals surface area (Å²) in [6.07, 6.45) is 0. The SMILES string of the molecule is CCNCc1cccc(OCC)c1OCC(=O)NCC#N. The number of nitrogens with one attached hydrogen (secondary N) is 2. The Morgan fingerprint density at radius 3 is 2.81 bits per heavy atom. The highest BCUT2D eigenvalue weighted by Crippen LogP contribution is 2.31. The largest absolute Gasteiger partial charge is 0.490 e. The van der Waals surface area contributed by atoms with Crippen LogP contribution in [0.2, 0.25) is 0 Å². The summed E-state index contributed by atoms with van der Waals surface area (Å²) in [5.74, 6) is 0.839. The van der Waals surface area contributed by atoms with Crippen LogP contribution in [0.25, 0.3) is 0 Å². The molecule has 0 atom stereocenters. The fraction of sp³-hybridized carbons (Fsp3) is 0.467. The molecule has 0 saturated carbocycles. The molecule has 0 spiro atoms. The Hall–Kier alpha value is -2.26. The van der Waals surface area contributed by atoms with Crippen molar-refractivity contribution < 1.29 is 14.3 Å². The third-order valence-corrected chi connectivity index (χ3v) is 2.64. The molecule has 1 aromatic rings. The van der Waals surface area contributed by atoms with Gasteiger partial charge in [-0.25, -0.2) is 0 Å². The lowest BCUT2D eigenvalue weighted by molar-refractivity contribution is -0.122. The zero-order valence-corrected chi connectivity index (χ0v) is 12.4. The minimum absolute atomic E-state index is 0.0282. The van der Waals surface area contributed by atoms with E-state index in [0.29, 0.717) is 24.7 Å². The van der Waals surface area contributed by atoms with Crippen LogP contribution in [0.15, 0.2) is 18.2 Å². The number of hydrogen-bond donors (Lipinski definition) is 2. The first-order chi connectivity index (χ1) is 10.2. The molecule has 0 fully saturated rings. The molecular weight excluding hydrogens is 270 g/mol. The molecule has 1 rings (SSSR count). The van der Waals surface area contributed by atoms with Gasteiger partial charge < -0.3 is 20.1 Å². The first-order valence-electron chi connectivity index (χ1n) is 6.94. The van der Waals surface area contributed by atoms with Crippen LogP contribution in [-0.2, 0) is 11.3 Å². The van der Waals surface area contributed by atoms with Crippen LogP contribution in [0, 0.1) is 11.3 Å². The summed E-state index contributed by atoms with van der Waals surface area (Å²) in [6, 6.07) is 7.47. The summed E-state index contributed by atoms with van der Waals surface area (Å²) in [7, 11) is 0. The number of carbonyl (C=O) groups excluding carboxylic acids is 1. The molecule has 0 aromatic heterocycles. The smallest absolute Gasteiger partial charge is 0.258 e. The second kappa shape index (κ2) is 9.61. The molecule has 6 heteroatoms. The average molecular weight is 291 g/mol. The summed E-state index contributed by atoms with van der Waals surface area (Å²) in [4.78, 5) is 11.5. The van der Waals surface area contributed by atoms with E-state index in [-0.39, 0.29) is 19.1 Å². The van der Waals surface area contributed by atoms with E-state index in [1.54, 1.807) is 0 Å². The summed E-state index contributed by atoms with van der Waals surface area (Å²) in [5.41, 5.74) is 0.927. The maximum atomic E-state index is 11.5. The number of para-hydroxylation sites is 1. The van der Waals surface area contributed by atoms with Crippen molar-refractivity contribution in [1.82, 2.24) is 10.6 Å². The van der Waals surface area contributed by atoms with Gasteiger partial charge >= 0.3 is 0 Å². The van der Waals surface area contributed by atoms with Crippen molar-refractivity contribution in [3.63, 3.8) is 0 Å². The van der Waals surface area contributed by atoms with Gasteiger partial charge in [-0.1, -0.05) is 19.1 Å². The second-order valence-corrected chi connectivity index (χ2v) is 4.18. The number of benzene rings is 1. The molecule has 1 aromatic carbocycles. The Balaban J connectivity index is 2.79. The number of ether oxygens (including phenoxy) is 2. The summed E-state index contributed by atoms with van der Waals surface area (Å²) >= 11 is 0. The minimum atomic E-state index is -0.336. The van der Waals surface area contributed by atoms with Gasteiger partial charge in [-0.2, -0.15) is 5.26 Å². The van der Waals surface area contributed by atoms with Crippen LogP contribution in [0.3, 0.4) is 0 Å². The zero-order chi connectivity index (χ0) is 15.5. The van der Waals surface area contributed by atoms with E-state index in [0.717, 1.165) is 12.1 Å². The van der Waals surface area contributed by atoms with E-state index < -0.39 is 0 Å². The molecule has 0 bridgehead atoms. The van der Waals surface area contributed by atoms with Gasteiger partial charge in [0.1, 0.15) is 6.54 Å². The number of nitriles is 1. The molecule has 0 aliphatic rings. The fourth-order valence-electron chi connectivity index (χ4n) is 1.72. The summed E-state index contributed by atoms with van der Waals surface area (Å²) in [6.45, 7) is 5.71. The van der Waals surface area contributed by atoms with E-state index in [1.165, 1.54) is 0 Å². The van der Waals surface area contributed by atoms with E-state index in [2.05, 4.69) is 10.6 Å². The first-order valence-corrected chi connectivity index (χ1v) is 6.94. The van der Waals surface area contributed by atoms with Gasteiger partial charge in [-0.3, -0.25) is 4.79 Å². The summed E-state index contributed by atoms with van der Waals surface area (Å²) < 4.78 is 11.1. The van der Waals surface area contributed by atoms with Crippen molar-refractivity contribution in [2.24, 2.45) is 0 Å². The van der Waals surface area contributed by atoms with Crippen molar-refractivity contribution in [2.75, 3.05) is 26.3 Å². The highest BCUT2D eigenvalue weighted by atomic mass is 16.5. The Morgan fingerprint density at radius 2 is 2.14 bits per heavy atom. The van der Waals surface area contributed by atoms with Crippen molar-refractivity contribution in [3.05, 3.63) is 23.8 Å². The molecule has 0 unspecified atom stereocenters. The van der Waals surface area contributed by atoms with Crippen molar-refractivity contribution in [1.29, 1.82) is 5.26 Å². The molecule has 0 radical (unpaired) electrons. The lowest BCUT2D eigenvalue weighted by Crippen LogP contribution is -2.29. The van der Waals surface area contributed by atoms with Crippen LogP contribution in [0.1, 0.15) is 19.4 Å². The topological polar surface area (TPSA) is 83.4 Å². The molecule has 21 heavy (non-hydrogen) atoms. The quantitative estimate of drug-likeness (QED) is 0.668. The van der Waals surface area contributed by atoms with E-state index in [4.69, 9.17) is 14.7 Å². The van der Waals surface area contributed by atoms with Gasteiger partial charge in [0.15, 0.2) is 18.1 Å². The monoisotopic (exact) mass is 291 g/mol. The van der Waals surface area contributed by atoms with Crippen molar-refractivity contribution >= 4 is 5.91 Å². The predicted octanol–water partition coefficient (Wildman–Crippen LogP) is 1.21. The van der Waals surface area contributed by atoms with Crippen LogP contribution in [0.5, 0.6) is 11.5 Å². The molecule has 0 heterocycles. The van der Waals surface area contributed by atoms with Crippen LogP contribution < -0.4 is 20.1 Å². The normalized spacial score (nSPS) is 9.76. The predicted molar refractivity (Wildman–Crippen MR) is 79.1 cm³/mol. The lowest BCUT2D eigenvalue weighted by atomic mass is 10.2. The Bertz CT molecular complexity index is 497. The molecule has 0 saturated heterocycles. The zero-order valence-electron chi connectivity index (χ0n) is 12.4. The van der Waals surface area contributed by atoms with Gasteiger partial charge in [0, 0.05) is 12.1 Å². The van der Waals surface area contributed by atoms with Gasteiger partial charge in [0.25, 0.3) is 5.91 Å². The fourth-order valence-corrected chi connectivity index (χ4v) is 1.72. The Morgan fingerprint density at radius 1 is 1.33 bits per heavy atom. The molecule has 2 N–H and O–H groups in total. The second-order valence-electron chi connectivity index (χ2n) is 4.18. The highest BCUT2D eigenvalue weighted by Gasteiger charge is 2.12. The molecule has 1 amide bonds. The van der Waals surface area contributed by atoms with E-state index in [9.17, 15) is 4.79 Å². The van der Waals surface area contributed by atoms with Gasteiger partial charge in [0.2, 0.25) is 0 Å². The first kappa shape index (κ1) is 16.8. The van der Waals surface area contributed by atoms with E-state index in [1.807, 2.05) is 38.1 Å². The number of amides is 1. The number of rotatable bonds is 9. The van der Waals surface area contributed by atoms with Crippen LogP contribution in [-0.4, -0.2) is 32.2 Å². The van der Waals surface area contributed by atoms with Crippen molar-refractivity contribution in [2.45, 2.75) is 20.4 Å². The third-order valence-electron chi connectivity index (χ3n) is 2.64. The average Bonchev–Trinajstić information content (AvgIpc) is 2.50. The van der Waals surface area contributed by atoms with E-state index >= 15 is 0 Å². The number of nitrogens with zero attached hydrogens (tertiary/aromatic N) is 1. The molecule has 0 aliphatic carbocycles. The Kier molecular flexibility index (Phi) is 7.69. The van der Waals surface area contributed by atoms with Crippen LogP contribution in [0.4, 0.5) is 0 Å². The minimum Gasteiger partial charge on any atom is -0.490 e. The number of hydrogen-bond acceptors (Lipinski definition) is 5. The molecular formula is C15H21N3O3. The van der Waals surface area contributed by atoms with Crippen molar-refractivity contribution in [3.8, 4) is 17.6 Å². The third kappa shape index (κ3) is 5.71. The lowest BCUT2D eigenvalue weighted by Gasteiger charge is -2.15. The number of carbonyl (C=O) groups is 1. The molecule has 0 aliphatic heterocycles. The molecule has 114 valence electrons. The maximum absolute atomic E-state index is 11.5. The van der Waals surface area contributed by atoms with Gasteiger partial charge in [-0.05, 0) is 19.5 Å². The maximum Gasteiger partial charge on any atom is 0.258 e. The summed E-state index contributed by atoms with van der Waals surface area (Å²) in [5, 5.41) is 14.1. The molecule has 6 nitrogen and oxygen atoms in total. The highest BCUT2D eigenvalue weighted by molar-refractivity contribution is 5.77. The van der Waals surface area contributed by atoms with Gasteiger partial charge in [-0.15, -0.1) is 0 Å². The van der Waals surface area contributed by atoms with Gasteiger partial charge in [0.05, 0.1) is 12.7 Å². The standard InChI is InChI=1S/C15H21N3O3/c1-3-17-10-12-6-5-7-13(20-4-2)15(12)21-11-14(19)18-9-8-16/h5-7,17H,3-4,9-11H2,1-2H3,(H,18,19). The Labute approximate surface area is 125 Å².